The van der Waals surface area contributed by atoms with Gasteiger partial charge in [0.2, 0.25) is 10.0 Å². The van der Waals surface area contributed by atoms with Crippen molar-refractivity contribution in [3.8, 4) is 10.7 Å². The van der Waals surface area contributed by atoms with Gasteiger partial charge >= 0.3 is 0 Å². The number of methoxy groups -OCH3 is 1. The van der Waals surface area contributed by atoms with Gasteiger partial charge in [-0.05, 0) is 25.8 Å². The number of thiazole rings is 1. The van der Waals surface area contributed by atoms with Crippen molar-refractivity contribution in [2.24, 2.45) is 5.73 Å². The molecule has 0 spiro atoms. The molecule has 3 N–H and O–H groups in total. The molecule has 3 aromatic rings. The number of hydrogen-bond acceptors (Lipinski definition) is 8. The fourth-order valence-corrected chi connectivity index (χ4v) is 6.30. The van der Waals surface area contributed by atoms with E-state index < -0.39 is 22.0 Å². The first kappa shape index (κ1) is 22.6. The first-order valence-corrected chi connectivity index (χ1v) is 12.7. The van der Waals surface area contributed by atoms with Crippen molar-refractivity contribution in [1.29, 1.82) is 0 Å². The topological polar surface area (TPSA) is 115 Å². The molecule has 1 aliphatic carbocycles. The first-order valence-electron chi connectivity index (χ1n) is 10.4. The molecule has 178 valence electrons. The van der Waals surface area contributed by atoms with Gasteiger partial charge < -0.3 is 15.4 Å². The third-order valence-corrected chi connectivity index (χ3v) is 8.77. The number of halogens is 2. The van der Waals surface area contributed by atoms with Gasteiger partial charge in [0.1, 0.15) is 4.90 Å². The number of ether oxygens (including phenoxy) is 1. The van der Waals surface area contributed by atoms with E-state index >= 15 is 0 Å². The lowest BCUT2D eigenvalue weighted by atomic mass is 10.2. The molecule has 2 atom stereocenters. The van der Waals surface area contributed by atoms with Gasteiger partial charge in [0.25, 0.3) is 6.43 Å². The molecule has 13 heteroatoms. The number of alkyl halides is 2. The van der Waals surface area contributed by atoms with Crippen LogP contribution in [0.5, 0.6) is 0 Å². The Labute approximate surface area is 193 Å². The quantitative estimate of drug-likeness (QED) is 0.514. The van der Waals surface area contributed by atoms with Crippen LogP contribution in [0.15, 0.2) is 29.6 Å². The second kappa shape index (κ2) is 7.94. The molecule has 3 aromatic heterocycles. The fraction of sp³-hybridized carbons (Fsp3) is 0.500. The lowest BCUT2D eigenvalue weighted by Crippen LogP contribution is -2.34. The third-order valence-electron chi connectivity index (χ3n) is 6.17. The summed E-state index contributed by atoms with van der Waals surface area (Å²) >= 11 is 0.826. The third kappa shape index (κ3) is 4.12. The molecule has 2 fully saturated rings. The predicted octanol–water partition coefficient (Wildman–Crippen LogP) is 2.39. The Balaban J connectivity index is 1.65. The van der Waals surface area contributed by atoms with Crippen LogP contribution in [-0.2, 0) is 14.8 Å². The van der Waals surface area contributed by atoms with Crippen LogP contribution in [0.25, 0.3) is 16.2 Å². The molecule has 1 aliphatic heterocycles. The zero-order valence-corrected chi connectivity index (χ0v) is 19.7. The summed E-state index contributed by atoms with van der Waals surface area (Å²) < 4.78 is 62.5. The zero-order valence-electron chi connectivity index (χ0n) is 18.0. The second-order valence-electron chi connectivity index (χ2n) is 8.77. The van der Waals surface area contributed by atoms with Crippen LogP contribution in [0.3, 0.4) is 0 Å². The Bertz CT molecular complexity index is 1300. The number of anilines is 1. The summed E-state index contributed by atoms with van der Waals surface area (Å²) in [5.74, 6) is 0.345. The second-order valence-corrected chi connectivity index (χ2v) is 11.5. The number of fused-ring (bicyclic) bond motifs is 1. The molecule has 0 radical (unpaired) electrons. The van der Waals surface area contributed by atoms with E-state index in [2.05, 4.69) is 14.7 Å². The van der Waals surface area contributed by atoms with Crippen LogP contribution in [0.1, 0.15) is 31.2 Å². The minimum atomic E-state index is -3.84. The van der Waals surface area contributed by atoms with Crippen molar-refractivity contribution >= 4 is 32.6 Å². The minimum Gasteiger partial charge on any atom is -0.378 e. The van der Waals surface area contributed by atoms with Crippen molar-refractivity contribution in [2.75, 3.05) is 25.1 Å². The Hall–Kier alpha value is -2.19. The van der Waals surface area contributed by atoms with Crippen molar-refractivity contribution in [2.45, 2.75) is 48.8 Å². The van der Waals surface area contributed by atoms with Gasteiger partial charge in [-0.3, -0.25) is 4.40 Å². The number of aromatic nitrogens is 3. The van der Waals surface area contributed by atoms with Gasteiger partial charge in [0.15, 0.2) is 10.8 Å². The van der Waals surface area contributed by atoms with Crippen molar-refractivity contribution < 1.29 is 21.9 Å². The summed E-state index contributed by atoms with van der Waals surface area (Å²) in [6, 6.07) is 1.37. The number of nitrogens with one attached hydrogen (secondary N) is 1. The van der Waals surface area contributed by atoms with Crippen LogP contribution in [0.4, 0.5) is 14.5 Å². The maximum absolute atomic E-state index is 13.2. The smallest absolute Gasteiger partial charge is 0.289 e. The van der Waals surface area contributed by atoms with E-state index in [0.717, 1.165) is 24.2 Å². The summed E-state index contributed by atoms with van der Waals surface area (Å²) in [7, 11) is -2.25. The highest BCUT2D eigenvalue weighted by atomic mass is 32.2. The van der Waals surface area contributed by atoms with Crippen LogP contribution in [0, 0.1) is 0 Å². The van der Waals surface area contributed by atoms with Crippen LogP contribution in [0.2, 0.25) is 0 Å². The molecule has 2 unspecified atom stereocenters. The van der Waals surface area contributed by atoms with E-state index in [1.54, 1.807) is 23.8 Å². The molecular formula is C20H24F2N6O3S2. The summed E-state index contributed by atoms with van der Waals surface area (Å²) in [6.45, 7) is 2.82. The SMILES string of the molecule is COC1CN(c2cc(S(=O)(=O)NC3(C)CC3)cn3c(-c4cnc(C(F)F)s4)ncc23)CC1N. The highest BCUT2D eigenvalue weighted by Crippen LogP contribution is 2.38. The maximum Gasteiger partial charge on any atom is 0.289 e. The van der Waals surface area contributed by atoms with Crippen LogP contribution < -0.4 is 15.4 Å². The number of nitrogens with two attached hydrogens (primary N) is 1. The van der Waals surface area contributed by atoms with E-state index in [0.29, 0.717) is 35.0 Å². The molecule has 1 saturated carbocycles. The van der Waals surface area contributed by atoms with Crippen LogP contribution >= 0.6 is 11.3 Å². The molecule has 33 heavy (non-hydrogen) atoms. The fourth-order valence-electron chi connectivity index (χ4n) is 4.05. The summed E-state index contributed by atoms with van der Waals surface area (Å²) in [6.07, 6.45) is 3.05. The number of hydrogen-bond donors (Lipinski definition) is 2. The van der Waals surface area contributed by atoms with E-state index in [9.17, 15) is 17.2 Å². The highest BCUT2D eigenvalue weighted by molar-refractivity contribution is 7.89. The molecule has 0 aromatic carbocycles. The number of imidazole rings is 1. The van der Waals surface area contributed by atoms with Gasteiger partial charge in [0.05, 0.1) is 34.4 Å². The average Bonchev–Trinajstić information content (AvgIpc) is 3.17. The molecule has 9 nitrogen and oxygen atoms in total. The molecule has 1 saturated heterocycles. The minimum absolute atomic E-state index is 0.0606. The number of pyridine rings is 1. The van der Waals surface area contributed by atoms with E-state index in [1.807, 2.05) is 11.8 Å². The monoisotopic (exact) mass is 498 g/mol. The van der Waals surface area contributed by atoms with E-state index in [-0.39, 0.29) is 22.0 Å². The van der Waals surface area contributed by atoms with Crippen molar-refractivity contribution in [3.63, 3.8) is 0 Å². The molecule has 4 heterocycles. The lowest BCUT2D eigenvalue weighted by Gasteiger charge is -2.21. The Kier molecular flexibility index (Phi) is 5.44. The largest absolute Gasteiger partial charge is 0.378 e. The summed E-state index contributed by atoms with van der Waals surface area (Å²) in [5, 5.41) is -0.317. The molecule has 0 amide bonds. The molecule has 2 aliphatic rings. The first-order chi connectivity index (χ1) is 15.6. The maximum atomic E-state index is 13.2. The average molecular weight is 499 g/mol. The number of sulfonamides is 1. The zero-order chi connectivity index (χ0) is 23.5. The molecule has 0 bridgehead atoms. The Morgan fingerprint density at radius 2 is 2.06 bits per heavy atom. The van der Waals surface area contributed by atoms with Gasteiger partial charge in [-0.2, -0.15) is 0 Å². The number of rotatable bonds is 7. The Morgan fingerprint density at radius 1 is 1.30 bits per heavy atom. The molecule has 5 rings (SSSR count). The molecular weight excluding hydrogens is 474 g/mol. The summed E-state index contributed by atoms with van der Waals surface area (Å²) in [4.78, 5) is 10.6. The summed E-state index contributed by atoms with van der Waals surface area (Å²) in [5.41, 5.74) is 7.02. The van der Waals surface area contributed by atoms with Gasteiger partial charge in [0, 0.05) is 38.1 Å². The predicted molar refractivity (Wildman–Crippen MR) is 120 cm³/mol. The Morgan fingerprint density at radius 3 is 2.67 bits per heavy atom. The van der Waals surface area contributed by atoms with E-state index in [1.165, 1.54) is 12.4 Å². The normalized spacial score (nSPS) is 22.5. The van der Waals surface area contributed by atoms with Gasteiger partial charge in [-0.1, -0.05) is 0 Å². The van der Waals surface area contributed by atoms with Crippen molar-refractivity contribution in [1.82, 2.24) is 19.1 Å². The lowest BCUT2D eigenvalue weighted by molar-refractivity contribution is 0.108. The van der Waals surface area contributed by atoms with Gasteiger partial charge in [-0.15, -0.1) is 11.3 Å². The van der Waals surface area contributed by atoms with Crippen molar-refractivity contribution in [3.05, 3.63) is 29.7 Å². The van der Waals surface area contributed by atoms with Gasteiger partial charge in [-0.25, -0.2) is 31.9 Å². The van der Waals surface area contributed by atoms with Crippen LogP contribution in [-0.4, -0.2) is 60.7 Å². The standard InChI is InChI=1S/C20H24F2N6O3S2/c1-20(3-4-20)26-33(29,30)11-5-13(27-9-12(23)15(10-27)31-2)14-6-24-18(28(14)8-11)16-7-25-19(32-16)17(21)22/h5-8,12,15,17,26H,3-4,9-10,23H2,1-2H3. The highest BCUT2D eigenvalue weighted by Gasteiger charge is 2.42. The van der Waals surface area contributed by atoms with E-state index in [4.69, 9.17) is 10.5 Å². The number of nitrogens with zero attached hydrogens (tertiary/aromatic N) is 4.